The Labute approximate surface area is 173 Å². The van der Waals surface area contributed by atoms with E-state index in [1.165, 1.54) is 4.31 Å². The van der Waals surface area contributed by atoms with E-state index in [9.17, 15) is 13.5 Å². The van der Waals surface area contributed by atoms with Gasteiger partial charge in [0.15, 0.2) is 0 Å². The summed E-state index contributed by atoms with van der Waals surface area (Å²) in [5.41, 5.74) is 2.93. The SMILES string of the molecule is Cc1cccc(OC[C@@H](O)CN2CCN(S(=O)(=O)c3ccc(C)cc3C)CC2)c1. The van der Waals surface area contributed by atoms with Gasteiger partial charge in [0.05, 0.1) is 4.90 Å². The van der Waals surface area contributed by atoms with E-state index in [1.54, 1.807) is 6.07 Å². The Morgan fingerprint density at radius 2 is 1.69 bits per heavy atom. The first-order chi connectivity index (χ1) is 13.8. The zero-order chi connectivity index (χ0) is 21.0. The molecule has 1 atom stereocenters. The van der Waals surface area contributed by atoms with Gasteiger partial charge in [-0.3, -0.25) is 4.90 Å². The van der Waals surface area contributed by atoms with Crippen LogP contribution >= 0.6 is 0 Å². The molecule has 2 aromatic rings. The quantitative estimate of drug-likeness (QED) is 0.748. The number of β-amino-alcohol motifs (C(OH)–C–C–N with tert-alkyl or cyclic N) is 1. The molecule has 0 unspecified atom stereocenters. The average Bonchev–Trinajstić information content (AvgIpc) is 2.66. The first-order valence-corrected chi connectivity index (χ1v) is 11.4. The summed E-state index contributed by atoms with van der Waals surface area (Å²) in [5.74, 6) is 0.744. The van der Waals surface area contributed by atoms with Gasteiger partial charge in [0, 0.05) is 32.7 Å². The first-order valence-electron chi connectivity index (χ1n) is 9.93. The van der Waals surface area contributed by atoms with Crippen molar-refractivity contribution in [3.63, 3.8) is 0 Å². The minimum Gasteiger partial charge on any atom is -0.491 e. The maximum atomic E-state index is 13.0. The molecule has 7 heteroatoms. The minimum absolute atomic E-state index is 0.213. The Balaban J connectivity index is 1.50. The van der Waals surface area contributed by atoms with E-state index in [-0.39, 0.29) is 6.61 Å². The fourth-order valence-electron chi connectivity index (χ4n) is 3.63. The van der Waals surface area contributed by atoms with Crippen LogP contribution in [0.3, 0.4) is 0 Å². The van der Waals surface area contributed by atoms with E-state index >= 15 is 0 Å². The molecular formula is C22H30N2O4S. The van der Waals surface area contributed by atoms with Crippen LogP contribution in [0.2, 0.25) is 0 Å². The number of rotatable bonds is 7. The van der Waals surface area contributed by atoms with Crippen molar-refractivity contribution in [2.45, 2.75) is 31.8 Å². The van der Waals surface area contributed by atoms with Gasteiger partial charge in [0.2, 0.25) is 10.0 Å². The number of ether oxygens (including phenoxy) is 1. The summed E-state index contributed by atoms with van der Waals surface area (Å²) in [5, 5.41) is 10.3. The Morgan fingerprint density at radius 3 is 2.34 bits per heavy atom. The van der Waals surface area contributed by atoms with Gasteiger partial charge in [-0.15, -0.1) is 0 Å². The van der Waals surface area contributed by atoms with Gasteiger partial charge in [0.25, 0.3) is 0 Å². The van der Waals surface area contributed by atoms with E-state index in [1.807, 2.05) is 57.2 Å². The number of piperazine rings is 1. The molecule has 1 N–H and O–H groups in total. The summed E-state index contributed by atoms with van der Waals surface area (Å²) in [7, 11) is -3.49. The van der Waals surface area contributed by atoms with E-state index in [0.717, 1.165) is 22.4 Å². The van der Waals surface area contributed by atoms with Gasteiger partial charge in [0.1, 0.15) is 18.5 Å². The van der Waals surface area contributed by atoms with Crippen LogP contribution in [0.4, 0.5) is 0 Å². The molecule has 29 heavy (non-hydrogen) atoms. The first kappa shape index (κ1) is 21.8. The number of aliphatic hydroxyl groups is 1. The lowest BCUT2D eigenvalue weighted by molar-refractivity contribution is 0.0569. The zero-order valence-electron chi connectivity index (χ0n) is 17.3. The standard InChI is InChI=1S/C22H30N2O4S/c1-17-5-4-6-21(14-17)28-16-20(25)15-23-9-11-24(12-10-23)29(26,27)22-8-7-18(2)13-19(22)3/h4-8,13-14,20,25H,9-12,15-16H2,1-3H3/t20-/m0/s1. The number of nitrogens with zero attached hydrogens (tertiary/aromatic N) is 2. The fourth-order valence-corrected chi connectivity index (χ4v) is 5.26. The maximum absolute atomic E-state index is 13.0. The van der Waals surface area contributed by atoms with Crippen molar-refractivity contribution in [3.8, 4) is 5.75 Å². The highest BCUT2D eigenvalue weighted by molar-refractivity contribution is 7.89. The van der Waals surface area contributed by atoms with Crippen molar-refractivity contribution >= 4 is 10.0 Å². The summed E-state index contributed by atoms with van der Waals surface area (Å²) in [6, 6.07) is 13.1. The maximum Gasteiger partial charge on any atom is 0.243 e. The van der Waals surface area contributed by atoms with Crippen LogP contribution in [0.1, 0.15) is 16.7 Å². The lowest BCUT2D eigenvalue weighted by Gasteiger charge is -2.35. The molecule has 0 radical (unpaired) electrons. The smallest absolute Gasteiger partial charge is 0.243 e. The Hall–Kier alpha value is -1.93. The second kappa shape index (κ2) is 9.26. The third-order valence-electron chi connectivity index (χ3n) is 5.18. The molecule has 1 fully saturated rings. The summed E-state index contributed by atoms with van der Waals surface area (Å²) < 4.78 is 33.1. The highest BCUT2D eigenvalue weighted by atomic mass is 32.2. The number of hydrogen-bond acceptors (Lipinski definition) is 5. The van der Waals surface area contributed by atoms with Crippen molar-refractivity contribution < 1.29 is 18.3 Å². The lowest BCUT2D eigenvalue weighted by Crippen LogP contribution is -2.50. The van der Waals surface area contributed by atoms with Crippen LogP contribution in [0.15, 0.2) is 47.4 Å². The van der Waals surface area contributed by atoms with Crippen LogP contribution in [-0.2, 0) is 10.0 Å². The number of aliphatic hydroxyl groups excluding tert-OH is 1. The Kier molecular flexibility index (Phi) is 6.95. The molecular weight excluding hydrogens is 388 g/mol. The highest BCUT2D eigenvalue weighted by Gasteiger charge is 2.30. The molecule has 0 saturated carbocycles. The molecule has 0 bridgehead atoms. The van der Waals surface area contributed by atoms with Crippen LogP contribution < -0.4 is 4.74 Å². The van der Waals surface area contributed by atoms with Gasteiger partial charge >= 0.3 is 0 Å². The molecule has 3 rings (SSSR count). The molecule has 2 aromatic carbocycles. The van der Waals surface area contributed by atoms with Crippen molar-refractivity contribution in [1.29, 1.82) is 0 Å². The fraction of sp³-hybridized carbons (Fsp3) is 0.455. The van der Waals surface area contributed by atoms with Gasteiger partial charge in [-0.2, -0.15) is 4.31 Å². The summed E-state index contributed by atoms with van der Waals surface area (Å²) in [6.45, 7) is 8.47. The molecule has 0 spiro atoms. The lowest BCUT2D eigenvalue weighted by atomic mass is 10.2. The Morgan fingerprint density at radius 1 is 1.00 bits per heavy atom. The normalized spacial score (nSPS) is 17.2. The molecule has 0 aromatic heterocycles. The van der Waals surface area contributed by atoms with Crippen molar-refractivity contribution in [2.24, 2.45) is 0 Å². The largest absolute Gasteiger partial charge is 0.491 e. The van der Waals surface area contributed by atoms with Crippen LogP contribution in [-0.4, -0.2) is 68.2 Å². The van der Waals surface area contributed by atoms with E-state index in [4.69, 9.17) is 4.74 Å². The molecule has 0 amide bonds. The number of aryl methyl sites for hydroxylation is 3. The summed E-state index contributed by atoms with van der Waals surface area (Å²) in [6.07, 6.45) is -0.627. The van der Waals surface area contributed by atoms with Gasteiger partial charge in [-0.05, 0) is 50.1 Å². The number of hydrogen-bond donors (Lipinski definition) is 1. The highest BCUT2D eigenvalue weighted by Crippen LogP contribution is 2.22. The topological polar surface area (TPSA) is 70.1 Å². The molecule has 1 aliphatic rings. The predicted molar refractivity (Wildman–Crippen MR) is 114 cm³/mol. The average molecular weight is 419 g/mol. The second-order valence-electron chi connectivity index (χ2n) is 7.75. The summed E-state index contributed by atoms with van der Waals surface area (Å²) in [4.78, 5) is 2.46. The van der Waals surface area contributed by atoms with Gasteiger partial charge < -0.3 is 9.84 Å². The van der Waals surface area contributed by atoms with E-state index in [0.29, 0.717) is 37.6 Å². The number of benzene rings is 2. The van der Waals surface area contributed by atoms with Gasteiger partial charge in [-0.25, -0.2) is 8.42 Å². The van der Waals surface area contributed by atoms with E-state index < -0.39 is 16.1 Å². The predicted octanol–water partition coefficient (Wildman–Crippen LogP) is 2.36. The zero-order valence-corrected chi connectivity index (χ0v) is 18.2. The summed E-state index contributed by atoms with van der Waals surface area (Å²) >= 11 is 0. The molecule has 6 nitrogen and oxygen atoms in total. The minimum atomic E-state index is -3.49. The van der Waals surface area contributed by atoms with Crippen LogP contribution in [0, 0.1) is 20.8 Å². The molecule has 158 valence electrons. The second-order valence-corrected chi connectivity index (χ2v) is 9.66. The molecule has 0 aliphatic carbocycles. The molecule has 1 saturated heterocycles. The van der Waals surface area contributed by atoms with Crippen molar-refractivity contribution in [1.82, 2.24) is 9.21 Å². The monoisotopic (exact) mass is 418 g/mol. The molecule has 1 aliphatic heterocycles. The van der Waals surface area contributed by atoms with E-state index in [2.05, 4.69) is 4.90 Å². The van der Waals surface area contributed by atoms with Gasteiger partial charge in [-0.1, -0.05) is 29.8 Å². The Bertz CT molecular complexity index is 938. The van der Waals surface area contributed by atoms with Crippen LogP contribution in [0.5, 0.6) is 5.75 Å². The third-order valence-corrected chi connectivity index (χ3v) is 7.24. The van der Waals surface area contributed by atoms with Crippen molar-refractivity contribution in [3.05, 3.63) is 59.2 Å². The third kappa shape index (κ3) is 5.57. The van der Waals surface area contributed by atoms with Crippen molar-refractivity contribution in [2.75, 3.05) is 39.3 Å². The van der Waals surface area contributed by atoms with Crippen LogP contribution in [0.25, 0.3) is 0 Å². The number of sulfonamides is 1. The molecule has 1 heterocycles.